The number of likely N-dealkylation sites (N-methyl/N-ethyl adjacent to an activating group) is 1. The van der Waals surface area contributed by atoms with Crippen molar-refractivity contribution in [2.75, 3.05) is 27.7 Å². The van der Waals surface area contributed by atoms with Crippen LogP contribution in [0.15, 0.2) is 35.9 Å². The number of ether oxygens (including phenoxy) is 5. The highest BCUT2D eigenvalue weighted by Gasteiger charge is 2.60. The van der Waals surface area contributed by atoms with E-state index in [1.165, 1.54) is 12.1 Å². The first kappa shape index (κ1) is 40.9. The molecule has 11 nitrogen and oxygen atoms in total. The topological polar surface area (TPSA) is 124 Å². The predicted molar refractivity (Wildman–Crippen MR) is 189 cm³/mol. The van der Waals surface area contributed by atoms with Gasteiger partial charge in [0.25, 0.3) is 0 Å². The van der Waals surface area contributed by atoms with E-state index in [4.69, 9.17) is 23.7 Å². The molecule has 0 unspecified atom stereocenters. The molecule has 1 aromatic rings. The third-order valence-corrected chi connectivity index (χ3v) is 11.3. The highest BCUT2D eigenvalue weighted by molar-refractivity contribution is 5.88. The maximum Gasteiger partial charge on any atom is 0.410 e. The van der Waals surface area contributed by atoms with Gasteiger partial charge in [0.2, 0.25) is 0 Å². The molecule has 1 aromatic carbocycles. The third-order valence-electron chi connectivity index (χ3n) is 11.3. The van der Waals surface area contributed by atoms with Gasteiger partial charge in [0, 0.05) is 43.0 Å². The largest absolute Gasteiger partial charge is 0.455 e. The second-order valence-electron chi connectivity index (χ2n) is 15.5. The second kappa shape index (κ2) is 16.4. The van der Waals surface area contributed by atoms with Gasteiger partial charge in [0.1, 0.15) is 23.8 Å². The van der Waals surface area contributed by atoms with Gasteiger partial charge in [-0.15, -0.1) is 0 Å². The summed E-state index contributed by atoms with van der Waals surface area (Å²) in [5.41, 5.74) is -1.29. The molecular weight excluding hydrogens is 659 g/mol. The lowest BCUT2D eigenvalue weighted by Gasteiger charge is -2.47. The first-order valence-corrected chi connectivity index (χ1v) is 18.2. The molecule has 51 heavy (non-hydrogen) atoms. The van der Waals surface area contributed by atoms with E-state index in [-0.39, 0.29) is 36.7 Å². The SMILES string of the molecule is CC[C@H]1OC(=O)/C(C)=C/[C@H](C)[C@@H](O[C@@H]2O[C@H](C)C[C@H](N(C)C)[C@H]2O)[C@@](C)(OC)C[C@@H](C)C(=O)[C@H](C)[C@H]2N(CCc3ccc(F)cc3)C(=O)O[C@]12C. The van der Waals surface area contributed by atoms with E-state index < -0.39 is 71.7 Å². The Morgan fingerprint density at radius 3 is 2.31 bits per heavy atom. The minimum absolute atomic E-state index is 0.119. The van der Waals surface area contributed by atoms with Crippen molar-refractivity contribution < 1.29 is 47.6 Å². The maximum absolute atomic E-state index is 14.5. The number of methoxy groups -OCH3 is 1. The first-order valence-electron chi connectivity index (χ1n) is 18.2. The van der Waals surface area contributed by atoms with Gasteiger partial charge < -0.3 is 33.7 Å². The molecule has 2 fully saturated rings. The van der Waals surface area contributed by atoms with Crippen LogP contribution >= 0.6 is 0 Å². The number of fused-ring (bicyclic) bond motifs is 1. The zero-order chi connectivity index (χ0) is 38.0. The van der Waals surface area contributed by atoms with Gasteiger partial charge in [-0.25, -0.2) is 14.0 Å². The van der Waals surface area contributed by atoms with Crippen molar-refractivity contribution in [3.8, 4) is 0 Å². The Balaban J connectivity index is 1.76. The summed E-state index contributed by atoms with van der Waals surface area (Å²) in [6.07, 6.45) is -1.04. The zero-order valence-corrected chi connectivity index (χ0v) is 32.2. The number of carbonyl (C=O) groups excluding carboxylic acids is 3. The summed E-state index contributed by atoms with van der Waals surface area (Å²) in [7, 11) is 5.37. The van der Waals surface area contributed by atoms with Crippen LogP contribution < -0.4 is 0 Å². The maximum atomic E-state index is 14.5. The molecule has 0 spiro atoms. The lowest BCUT2D eigenvalue weighted by Crippen LogP contribution is -2.59. The number of hydrogen-bond donors (Lipinski definition) is 1. The van der Waals surface area contributed by atoms with Gasteiger partial charge >= 0.3 is 12.1 Å². The van der Waals surface area contributed by atoms with Gasteiger partial charge in [-0.2, -0.15) is 0 Å². The van der Waals surface area contributed by atoms with E-state index in [1.54, 1.807) is 51.0 Å². The number of aliphatic hydroxyl groups excluding tert-OH is 1. The number of amides is 1. The quantitative estimate of drug-likeness (QED) is 0.354. The van der Waals surface area contributed by atoms with Crippen molar-refractivity contribution >= 4 is 17.8 Å². The number of ketones is 1. The van der Waals surface area contributed by atoms with Crippen molar-refractivity contribution in [2.45, 2.75) is 135 Å². The molecule has 0 saturated carbocycles. The van der Waals surface area contributed by atoms with Gasteiger partial charge in [-0.3, -0.25) is 9.69 Å². The first-order chi connectivity index (χ1) is 23.9. The fourth-order valence-electron chi connectivity index (χ4n) is 8.51. The van der Waals surface area contributed by atoms with Crippen molar-refractivity contribution in [1.82, 2.24) is 9.80 Å². The van der Waals surface area contributed by atoms with Crippen LogP contribution in [0.5, 0.6) is 0 Å². The average molecular weight is 719 g/mol. The number of halogens is 1. The lowest BCUT2D eigenvalue weighted by molar-refractivity contribution is -0.294. The molecule has 0 bridgehead atoms. The monoisotopic (exact) mass is 718 g/mol. The Kier molecular flexibility index (Phi) is 13.1. The molecule has 3 aliphatic rings. The third kappa shape index (κ3) is 8.67. The second-order valence-corrected chi connectivity index (χ2v) is 15.5. The Morgan fingerprint density at radius 2 is 1.73 bits per heavy atom. The number of rotatable bonds is 8. The van der Waals surface area contributed by atoms with E-state index in [0.717, 1.165) is 5.56 Å². The Morgan fingerprint density at radius 1 is 1.08 bits per heavy atom. The molecule has 12 heteroatoms. The number of nitrogens with zero attached hydrogens (tertiary/aromatic N) is 2. The normalized spacial score (nSPS) is 39.5. The van der Waals surface area contributed by atoms with E-state index in [2.05, 4.69) is 0 Å². The minimum atomic E-state index is -1.35. The highest BCUT2D eigenvalue weighted by Crippen LogP contribution is 2.43. The van der Waals surface area contributed by atoms with Gasteiger partial charge in [0.15, 0.2) is 11.9 Å². The highest BCUT2D eigenvalue weighted by atomic mass is 19.1. The molecular formula is C39H59FN2O9. The van der Waals surface area contributed by atoms with Gasteiger partial charge in [-0.1, -0.05) is 45.9 Å². The number of hydrogen-bond acceptors (Lipinski definition) is 10. The smallest absolute Gasteiger partial charge is 0.410 e. The summed E-state index contributed by atoms with van der Waals surface area (Å²) in [5, 5.41) is 11.4. The van der Waals surface area contributed by atoms with Crippen LogP contribution in [0.4, 0.5) is 9.18 Å². The summed E-state index contributed by atoms with van der Waals surface area (Å²) < 4.78 is 44.9. The number of carbonyl (C=O) groups is 3. The van der Waals surface area contributed by atoms with Crippen LogP contribution in [0.1, 0.15) is 80.2 Å². The predicted octanol–water partition coefficient (Wildman–Crippen LogP) is 5.31. The molecule has 2 saturated heterocycles. The molecule has 286 valence electrons. The van der Waals surface area contributed by atoms with Crippen LogP contribution in [-0.4, -0.2) is 114 Å². The van der Waals surface area contributed by atoms with Crippen molar-refractivity contribution in [3.05, 3.63) is 47.3 Å². The van der Waals surface area contributed by atoms with Crippen molar-refractivity contribution in [3.63, 3.8) is 0 Å². The molecule has 0 aromatic heterocycles. The lowest BCUT2D eigenvalue weighted by atomic mass is 9.74. The molecule has 1 amide bonds. The van der Waals surface area contributed by atoms with Gasteiger partial charge in [0.05, 0.1) is 23.9 Å². The number of aliphatic hydroxyl groups is 1. The number of Topliss-reactive ketones (excluding diaryl/α,β-unsaturated/α-hetero) is 1. The Bertz CT molecular complexity index is 1420. The summed E-state index contributed by atoms with van der Waals surface area (Å²) in [6.45, 7) is 14.8. The minimum Gasteiger partial charge on any atom is -0.455 e. The fraction of sp³-hybridized carbons (Fsp3) is 0.718. The Hall–Kier alpha value is -2.90. The van der Waals surface area contributed by atoms with Crippen molar-refractivity contribution in [2.24, 2.45) is 17.8 Å². The zero-order valence-electron chi connectivity index (χ0n) is 32.2. The summed E-state index contributed by atoms with van der Waals surface area (Å²) in [4.78, 5) is 45.5. The van der Waals surface area contributed by atoms with E-state index in [9.17, 15) is 23.9 Å². The number of benzene rings is 1. The molecule has 3 heterocycles. The molecule has 4 rings (SSSR count). The van der Waals surface area contributed by atoms with Crippen LogP contribution in [0.3, 0.4) is 0 Å². The summed E-state index contributed by atoms with van der Waals surface area (Å²) in [5.74, 6) is -2.82. The molecule has 1 N–H and O–H groups in total. The average Bonchev–Trinajstić information content (AvgIpc) is 3.34. The van der Waals surface area contributed by atoms with E-state index in [0.29, 0.717) is 24.8 Å². The van der Waals surface area contributed by atoms with E-state index >= 15 is 0 Å². The molecule has 0 aliphatic carbocycles. The van der Waals surface area contributed by atoms with Crippen LogP contribution in [0, 0.1) is 23.6 Å². The molecule has 12 atom stereocenters. The molecule has 3 aliphatic heterocycles. The Labute approximate surface area is 302 Å². The standard InChI is InChI=1S/C39H59FN2O9/c1-12-30-39(8)33(42(37(46)51-39)18-17-27-13-15-28(40)16-14-27)26(6)31(43)24(4)21-38(7,47-11)34(22(2)19-23(3)35(45)49-30)50-36-32(44)29(41(9)10)20-25(5)48-36/h13-16,19,22,24-26,29-30,32-34,36,44H,12,17-18,20-21H2,1-11H3/b23-19+/t22-,24+,25+,26-,29-,30+,32+,33+,34+,36-,38-,39+/m0/s1. The number of cyclic esters (lactones) is 1. The van der Waals surface area contributed by atoms with Gasteiger partial charge in [-0.05, 0) is 85.2 Å². The van der Waals surface area contributed by atoms with E-state index in [1.807, 2.05) is 53.6 Å². The van der Waals surface area contributed by atoms with Crippen LogP contribution in [0.2, 0.25) is 0 Å². The fourth-order valence-corrected chi connectivity index (χ4v) is 8.51. The molecule has 0 radical (unpaired) electrons. The van der Waals surface area contributed by atoms with Crippen LogP contribution in [0.25, 0.3) is 0 Å². The van der Waals surface area contributed by atoms with Crippen molar-refractivity contribution in [1.29, 1.82) is 0 Å². The summed E-state index contributed by atoms with van der Waals surface area (Å²) in [6, 6.07) is 5.07. The summed E-state index contributed by atoms with van der Waals surface area (Å²) >= 11 is 0. The number of esters is 1. The van der Waals surface area contributed by atoms with Crippen LogP contribution in [-0.2, 0) is 39.7 Å².